The maximum absolute atomic E-state index is 12.8. The van der Waals surface area contributed by atoms with Crippen LogP contribution in [0.15, 0.2) is 55.1 Å². The number of hydrogen-bond acceptors (Lipinski definition) is 4. The first-order chi connectivity index (χ1) is 13.0. The highest BCUT2D eigenvalue weighted by Crippen LogP contribution is 2.16. The number of aromatic nitrogens is 5. The van der Waals surface area contributed by atoms with Gasteiger partial charge in [-0.1, -0.05) is 30.3 Å². The molecular weight excluding hydrogens is 342 g/mol. The van der Waals surface area contributed by atoms with Gasteiger partial charge in [-0.15, -0.1) is 10.2 Å². The largest absolute Gasteiger partial charge is 0.329 e. The summed E-state index contributed by atoms with van der Waals surface area (Å²) in [6, 6.07) is 11.6. The molecule has 0 saturated heterocycles. The maximum atomic E-state index is 12.8. The molecule has 3 rings (SSSR count). The molecule has 8 nitrogen and oxygen atoms in total. The van der Waals surface area contributed by atoms with E-state index in [9.17, 15) is 4.79 Å². The first kappa shape index (κ1) is 18.6. The summed E-state index contributed by atoms with van der Waals surface area (Å²) in [6.45, 7) is 5.05. The van der Waals surface area contributed by atoms with Crippen molar-refractivity contribution in [1.29, 1.82) is 0 Å². The van der Waals surface area contributed by atoms with E-state index in [1.54, 1.807) is 24.5 Å². The fourth-order valence-electron chi connectivity index (χ4n) is 2.87. The third-order valence-corrected chi connectivity index (χ3v) is 4.36. The van der Waals surface area contributed by atoms with Gasteiger partial charge in [0.1, 0.15) is 6.33 Å². The zero-order valence-electron chi connectivity index (χ0n) is 15.9. The van der Waals surface area contributed by atoms with E-state index in [2.05, 4.69) is 34.5 Å². The van der Waals surface area contributed by atoms with Crippen LogP contribution in [0.25, 0.3) is 0 Å². The summed E-state index contributed by atoms with van der Waals surface area (Å²) in [6.07, 6.45) is 5.31. The molecule has 142 valence electrons. The highest BCUT2D eigenvalue weighted by Gasteiger charge is 2.19. The van der Waals surface area contributed by atoms with Crippen molar-refractivity contribution in [2.45, 2.75) is 39.0 Å². The molecular formula is C19H25N7O. The molecule has 1 N–H and O–H groups in total. The summed E-state index contributed by atoms with van der Waals surface area (Å²) in [5.74, 6) is 0.756. The molecule has 0 aliphatic heterocycles. The fraction of sp³-hybridized carbons (Fsp3) is 0.368. The number of nitrogens with zero attached hydrogens (tertiary/aromatic N) is 6. The van der Waals surface area contributed by atoms with Crippen molar-refractivity contribution >= 4 is 6.03 Å². The van der Waals surface area contributed by atoms with Gasteiger partial charge in [-0.05, 0) is 25.5 Å². The topological polar surface area (TPSA) is 80.9 Å². The fourth-order valence-corrected chi connectivity index (χ4v) is 2.87. The van der Waals surface area contributed by atoms with E-state index in [0.717, 1.165) is 11.4 Å². The standard InChI is InChI=1S/C19H25N7O/c1-15(2)26-14-20-23-18(26)13-24(3)19(27)22-17(12-25-11-7-10-21-25)16-8-5-4-6-9-16/h4-11,14-15,17H,12-13H2,1-3H3,(H,22,27)/t17-/m0/s1. The van der Waals surface area contributed by atoms with E-state index >= 15 is 0 Å². The number of urea groups is 1. The molecule has 0 unspecified atom stereocenters. The van der Waals surface area contributed by atoms with Crippen molar-refractivity contribution in [2.75, 3.05) is 7.05 Å². The molecule has 0 saturated carbocycles. The predicted molar refractivity (Wildman–Crippen MR) is 102 cm³/mol. The van der Waals surface area contributed by atoms with Crippen LogP contribution in [0.3, 0.4) is 0 Å². The minimum absolute atomic E-state index is 0.172. The van der Waals surface area contributed by atoms with Crippen LogP contribution in [-0.4, -0.2) is 42.5 Å². The van der Waals surface area contributed by atoms with Gasteiger partial charge in [0.15, 0.2) is 5.82 Å². The summed E-state index contributed by atoms with van der Waals surface area (Å²) in [4.78, 5) is 14.4. The van der Waals surface area contributed by atoms with Crippen LogP contribution in [0.4, 0.5) is 4.79 Å². The molecule has 2 aromatic heterocycles. The average Bonchev–Trinajstić information content (AvgIpc) is 3.33. The number of amides is 2. The lowest BCUT2D eigenvalue weighted by molar-refractivity contribution is 0.198. The van der Waals surface area contributed by atoms with Crippen LogP contribution in [0.1, 0.15) is 37.3 Å². The predicted octanol–water partition coefficient (Wildman–Crippen LogP) is 2.64. The Balaban J connectivity index is 1.70. The first-order valence-corrected chi connectivity index (χ1v) is 8.97. The molecule has 2 amide bonds. The third kappa shape index (κ3) is 4.72. The molecule has 2 heterocycles. The number of hydrogen-bond donors (Lipinski definition) is 1. The van der Waals surface area contributed by atoms with Crippen LogP contribution in [0.5, 0.6) is 0 Å². The second-order valence-electron chi connectivity index (χ2n) is 6.75. The molecule has 1 aromatic carbocycles. The van der Waals surface area contributed by atoms with Crippen LogP contribution in [0.2, 0.25) is 0 Å². The smallest absolute Gasteiger partial charge is 0.318 e. The Kier molecular flexibility index (Phi) is 5.85. The maximum Gasteiger partial charge on any atom is 0.318 e. The Hall–Kier alpha value is -3.16. The Labute approximate surface area is 158 Å². The lowest BCUT2D eigenvalue weighted by Gasteiger charge is -2.24. The SMILES string of the molecule is CC(C)n1cnnc1CN(C)C(=O)N[C@@H](Cn1cccn1)c1ccccc1. The van der Waals surface area contributed by atoms with Gasteiger partial charge in [0, 0.05) is 25.5 Å². The lowest BCUT2D eigenvalue weighted by atomic mass is 10.1. The van der Waals surface area contributed by atoms with Gasteiger partial charge in [-0.2, -0.15) is 5.10 Å². The number of rotatable bonds is 7. The summed E-state index contributed by atoms with van der Waals surface area (Å²) in [7, 11) is 1.75. The van der Waals surface area contributed by atoms with Crippen molar-refractivity contribution in [3.8, 4) is 0 Å². The normalized spacial score (nSPS) is 12.1. The zero-order chi connectivity index (χ0) is 19.2. The Morgan fingerprint density at radius 3 is 2.67 bits per heavy atom. The van der Waals surface area contributed by atoms with E-state index in [-0.39, 0.29) is 18.1 Å². The van der Waals surface area contributed by atoms with Crippen molar-refractivity contribution in [3.05, 3.63) is 66.5 Å². The van der Waals surface area contributed by atoms with Crippen LogP contribution >= 0.6 is 0 Å². The minimum Gasteiger partial charge on any atom is -0.329 e. The number of carbonyl (C=O) groups excluding carboxylic acids is 1. The van der Waals surface area contributed by atoms with Gasteiger partial charge < -0.3 is 14.8 Å². The van der Waals surface area contributed by atoms with Crippen LogP contribution in [-0.2, 0) is 13.1 Å². The molecule has 0 radical (unpaired) electrons. The van der Waals surface area contributed by atoms with Crippen LogP contribution < -0.4 is 5.32 Å². The molecule has 27 heavy (non-hydrogen) atoms. The Morgan fingerprint density at radius 1 is 1.22 bits per heavy atom. The molecule has 0 fully saturated rings. The first-order valence-electron chi connectivity index (χ1n) is 8.97. The molecule has 0 aliphatic carbocycles. The van der Waals surface area contributed by atoms with E-state index in [1.807, 2.05) is 51.8 Å². The number of carbonyl (C=O) groups is 1. The van der Waals surface area contributed by atoms with E-state index in [4.69, 9.17) is 0 Å². The van der Waals surface area contributed by atoms with Gasteiger partial charge in [0.05, 0.1) is 19.1 Å². The van der Waals surface area contributed by atoms with Gasteiger partial charge in [0.25, 0.3) is 0 Å². The number of nitrogens with one attached hydrogen (secondary N) is 1. The van der Waals surface area contributed by atoms with Crippen molar-refractivity contribution in [1.82, 2.24) is 34.8 Å². The summed E-state index contributed by atoms with van der Waals surface area (Å²) >= 11 is 0. The van der Waals surface area contributed by atoms with Crippen molar-refractivity contribution < 1.29 is 4.79 Å². The molecule has 0 bridgehead atoms. The molecule has 1 atom stereocenters. The Morgan fingerprint density at radius 2 is 2.00 bits per heavy atom. The summed E-state index contributed by atoms with van der Waals surface area (Å²) < 4.78 is 3.77. The third-order valence-electron chi connectivity index (χ3n) is 4.36. The van der Waals surface area contributed by atoms with Crippen molar-refractivity contribution in [3.63, 3.8) is 0 Å². The monoisotopic (exact) mass is 367 g/mol. The number of benzene rings is 1. The van der Waals surface area contributed by atoms with Gasteiger partial charge in [-0.25, -0.2) is 4.79 Å². The molecule has 3 aromatic rings. The lowest BCUT2D eigenvalue weighted by Crippen LogP contribution is -2.40. The van der Waals surface area contributed by atoms with Crippen molar-refractivity contribution in [2.24, 2.45) is 0 Å². The van der Waals surface area contributed by atoms with E-state index < -0.39 is 0 Å². The summed E-state index contributed by atoms with van der Waals surface area (Å²) in [5, 5.41) is 15.4. The quantitative estimate of drug-likeness (QED) is 0.696. The highest BCUT2D eigenvalue weighted by molar-refractivity contribution is 5.74. The zero-order valence-corrected chi connectivity index (χ0v) is 15.9. The molecule has 0 aliphatic rings. The van der Waals surface area contributed by atoms with E-state index in [1.165, 1.54) is 0 Å². The van der Waals surface area contributed by atoms with Crippen LogP contribution in [0, 0.1) is 0 Å². The average molecular weight is 367 g/mol. The van der Waals surface area contributed by atoms with Gasteiger partial charge in [-0.3, -0.25) is 4.68 Å². The second-order valence-corrected chi connectivity index (χ2v) is 6.75. The highest BCUT2D eigenvalue weighted by atomic mass is 16.2. The molecule has 8 heteroatoms. The van der Waals surface area contributed by atoms with E-state index in [0.29, 0.717) is 13.1 Å². The summed E-state index contributed by atoms with van der Waals surface area (Å²) in [5.41, 5.74) is 1.03. The molecule has 0 spiro atoms. The Bertz CT molecular complexity index is 842. The van der Waals surface area contributed by atoms with Gasteiger partial charge >= 0.3 is 6.03 Å². The second kappa shape index (κ2) is 8.48. The minimum atomic E-state index is -0.191. The van der Waals surface area contributed by atoms with Gasteiger partial charge in [0.2, 0.25) is 0 Å².